The molecule has 0 rings (SSSR count). The summed E-state index contributed by atoms with van der Waals surface area (Å²) in [6, 6.07) is 0. The Morgan fingerprint density at radius 2 is 0.947 bits per heavy atom. The number of ether oxygens (including phenoxy) is 1. The maximum Gasteiger partial charge on any atom is 0.106 e. The van der Waals surface area contributed by atoms with Gasteiger partial charge >= 0.3 is 0 Å². The predicted octanol–water partition coefficient (Wildman–Crippen LogP) is 5.49. The number of carbonyl (C=O) groups is 1. The molecule has 0 saturated heterocycles. The molecule has 0 radical (unpaired) electrons. The van der Waals surface area contributed by atoms with Crippen LogP contribution in [-0.2, 0) is 9.53 Å². The third kappa shape index (κ3) is 23.2. The summed E-state index contributed by atoms with van der Waals surface area (Å²) >= 11 is 0. The van der Waals surface area contributed by atoms with Gasteiger partial charge in [0.2, 0.25) is 0 Å². The molecule has 2 atom stereocenters. The molecule has 0 aliphatic rings. The van der Waals surface area contributed by atoms with Crippen molar-refractivity contribution in [3.63, 3.8) is 0 Å². The quantitative estimate of drug-likeness (QED) is 0.584. The molecule has 0 N–H and O–H groups in total. The summed E-state index contributed by atoms with van der Waals surface area (Å²) in [6.45, 7) is 19.5. The molecular formula is C17H38O2. The van der Waals surface area contributed by atoms with Crippen LogP contribution in [0.15, 0.2) is 0 Å². The molecule has 19 heavy (non-hydrogen) atoms. The van der Waals surface area contributed by atoms with Crippen molar-refractivity contribution < 1.29 is 9.53 Å². The van der Waals surface area contributed by atoms with E-state index in [0.717, 1.165) is 11.8 Å². The molecule has 0 bridgehead atoms. The molecule has 118 valence electrons. The molecule has 0 saturated carbocycles. The van der Waals surface area contributed by atoms with Crippen LogP contribution in [0.5, 0.6) is 0 Å². The zero-order valence-electron chi connectivity index (χ0n) is 14.7. The van der Waals surface area contributed by atoms with Crippen LogP contribution in [0, 0.1) is 11.8 Å². The van der Waals surface area contributed by atoms with Crippen molar-refractivity contribution in [2.75, 3.05) is 0 Å². The molecule has 0 fully saturated rings. The first kappa shape index (κ1) is 23.7. The fourth-order valence-electron chi connectivity index (χ4n) is 1.67. The van der Waals surface area contributed by atoms with E-state index in [1.54, 1.807) is 0 Å². The molecular weight excluding hydrogens is 236 g/mol. The van der Waals surface area contributed by atoms with Gasteiger partial charge in [-0.05, 0) is 51.4 Å². The zero-order valence-corrected chi connectivity index (χ0v) is 14.7. The maximum absolute atomic E-state index is 8.00. The second-order valence-electron chi connectivity index (χ2n) is 5.70. The standard InChI is InChI=1S/C14H30O.C2H6.CH2O/c1-11(2)7-9-13(5)15-14(6)10-8-12(3)4;2*1-2/h11-14H,7-10H2,1-6H3;1-2H3;1H2. The molecule has 0 amide bonds. The largest absolute Gasteiger partial charge is 0.376 e. The summed E-state index contributed by atoms with van der Waals surface area (Å²) < 4.78 is 5.95. The Morgan fingerprint density at radius 1 is 0.684 bits per heavy atom. The predicted molar refractivity (Wildman–Crippen MR) is 86.6 cm³/mol. The van der Waals surface area contributed by atoms with Crippen molar-refractivity contribution in [1.82, 2.24) is 0 Å². The SMILES string of the molecule is C=O.CC.CC(C)CCC(C)OC(C)CCC(C)C. The molecule has 0 aliphatic carbocycles. The highest BCUT2D eigenvalue weighted by Gasteiger charge is 2.09. The van der Waals surface area contributed by atoms with Gasteiger partial charge in [-0.3, -0.25) is 0 Å². The Kier molecular flexibility index (Phi) is 22.0. The van der Waals surface area contributed by atoms with E-state index < -0.39 is 0 Å². The van der Waals surface area contributed by atoms with Crippen LogP contribution < -0.4 is 0 Å². The Hall–Kier alpha value is -0.370. The van der Waals surface area contributed by atoms with Gasteiger partial charge in [-0.2, -0.15) is 0 Å². The fourth-order valence-corrected chi connectivity index (χ4v) is 1.67. The second kappa shape index (κ2) is 17.6. The van der Waals surface area contributed by atoms with Crippen molar-refractivity contribution in [2.45, 2.75) is 93.3 Å². The summed E-state index contributed by atoms with van der Waals surface area (Å²) in [7, 11) is 0. The zero-order chi connectivity index (χ0) is 15.8. The van der Waals surface area contributed by atoms with Crippen molar-refractivity contribution >= 4 is 6.79 Å². The van der Waals surface area contributed by atoms with Gasteiger partial charge in [0.15, 0.2) is 0 Å². The van der Waals surface area contributed by atoms with Gasteiger partial charge in [-0.25, -0.2) is 0 Å². The highest BCUT2D eigenvalue weighted by Crippen LogP contribution is 2.14. The van der Waals surface area contributed by atoms with Gasteiger partial charge in [-0.15, -0.1) is 0 Å². The lowest BCUT2D eigenvalue weighted by Crippen LogP contribution is -2.18. The molecule has 0 heterocycles. The minimum atomic E-state index is 0.426. The van der Waals surface area contributed by atoms with E-state index >= 15 is 0 Å². The summed E-state index contributed by atoms with van der Waals surface area (Å²) in [6.07, 6.45) is 5.80. The minimum absolute atomic E-state index is 0.426. The third-order valence-electron chi connectivity index (χ3n) is 2.77. The van der Waals surface area contributed by atoms with Crippen LogP contribution in [-0.4, -0.2) is 19.0 Å². The molecule has 2 nitrogen and oxygen atoms in total. The lowest BCUT2D eigenvalue weighted by molar-refractivity contribution is -0.0979. The Balaban J connectivity index is -0.000000579. The first-order valence-corrected chi connectivity index (χ1v) is 7.86. The highest BCUT2D eigenvalue weighted by molar-refractivity contribution is 5.10. The summed E-state index contributed by atoms with van der Waals surface area (Å²) in [4.78, 5) is 8.00. The first-order chi connectivity index (χ1) is 8.91. The van der Waals surface area contributed by atoms with Crippen molar-refractivity contribution in [3.8, 4) is 0 Å². The van der Waals surface area contributed by atoms with Gasteiger partial charge in [0.1, 0.15) is 6.79 Å². The Morgan fingerprint density at radius 3 is 1.16 bits per heavy atom. The van der Waals surface area contributed by atoms with Crippen LogP contribution in [0.3, 0.4) is 0 Å². The van der Waals surface area contributed by atoms with E-state index in [-0.39, 0.29) is 0 Å². The number of rotatable bonds is 8. The van der Waals surface area contributed by atoms with Crippen LogP contribution >= 0.6 is 0 Å². The molecule has 2 unspecified atom stereocenters. The van der Waals surface area contributed by atoms with Crippen LogP contribution in [0.4, 0.5) is 0 Å². The van der Waals surface area contributed by atoms with E-state index in [9.17, 15) is 0 Å². The van der Waals surface area contributed by atoms with Crippen molar-refractivity contribution in [3.05, 3.63) is 0 Å². The smallest absolute Gasteiger partial charge is 0.106 e. The first-order valence-electron chi connectivity index (χ1n) is 7.86. The van der Waals surface area contributed by atoms with Crippen molar-refractivity contribution in [2.24, 2.45) is 11.8 Å². The average Bonchev–Trinajstić information content (AvgIpc) is 2.38. The van der Waals surface area contributed by atoms with Crippen LogP contribution in [0.1, 0.15) is 81.1 Å². The lowest BCUT2D eigenvalue weighted by atomic mass is 10.0. The van der Waals surface area contributed by atoms with E-state index in [1.807, 2.05) is 20.6 Å². The average molecular weight is 274 g/mol. The lowest BCUT2D eigenvalue weighted by Gasteiger charge is -2.20. The molecule has 0 aliphatic heterocycles. The molecule has 2 heteroatoms. The van der Waals surface area contributed by atoms with E-state index in [1.165, 1.54) is 25.7 Å². The van der Waals surface area contributed by atoms with Gasteiger partial charge in [0.25, 0.3) is 0 Å². The van der Waals surface area contributed by atoms with E-state index in [0.29, 0.717) is 12.2 Å². The highest BCUT2D eigenvalue weighted by atomic mass is 16.5. The third-order valence-corrected chi connectivity index (χ3v) is 2.77. The van der Waals surface area contributed by atoms with E-state index in [2.05, 4.69) is 41.5 Å². The molecule has 0 spiro atoms. The van der Waals surface area contributed by atoms with Crippen molar-refractivity contribution in [1.29, 1.82) is 0 Å². The van der Waals surface area contributed by atoms with Crippen LogP contribution in [0.25, 0.3) is 0 Å². The van der Waals surface area contributed by atoms with Crippen LogP contribution in [0.2, 0.25) is 0 Å². The van der Waals surface area contributed by atoms with Gasteiger partial charge in [0.05, 0.1) is 12.2 Å². The number of carbonyl (C=O) groups excluding carboxylic acids is 1. The normalized spacial score (nSPS) is 13.2. The Labute approximate surface area is 122 Å². The molecule has 0 aromatic rings. The fraction of sp³-hybridized carbons (Fsp3) is 0.941. The summed E-state index contributed by atoms with van der Waals surface area (Å²) in [5, 5.41) is 0. The topological polar surface area (TPSA) is 26.3 Å². The monoisotopic (exact) mass is 274 g/mol. The van der Waals surface area contributed by atoms with E-state index in [4.69, 9.17) is 9.53 Å². The minimum Gasteiger partial charge on any atom is -0.376 e. The molecule has 0 aromatic carbocycles. The summed E-state index contributed by atoms with van der Waals surface area (Å²) in [5.41, 5.74) is 0. The summed E-state index contributed by atoms with van der Waals surface area (Å²) in [5.74, 6) is 1.59. The number of hydrogen-bond donors (Lipinski definition) is 0. The second-order valence-corrected chi connectivity index (χ2v) is 5.70. The Bertz CT molecular complexity index is 139. The van der Waals surface area contributed by atoms with Gasteiger partial charge < -0.3 is 9.53 Å². The van der Waals surface area contributed by atoms with Gasteiger partial charge in [0, 0.05) is 0 Å². The number of hydrogen-bond acceptors (Lipinski definition) is 2. The van der Waals surface area contributed by atoms with Gasteiger partial charge in [-0.1, -0.05) is 41.5 Å². The maximum atomic E-state index is 8.00. The molecule has 0 aromatic heterocycles.